The number of benzene rings is 1. The predicted molar refractivity (Wildman–Crippen MR) is 84.2 cm³/mol. The van der Waals surface area contributed by atoms with E-state index in [9.17, 15) is 14.0 Å². The summed E-state index contributed by atoms with van der Waals surface area (Å²) in [5.74, 6) is -2.09. The van der Waals surface area contributed by atoms with Crippen LogP contribution in [0.4, 0.5) is 4.39 Å². The van der Waals surface area contributed by atoms with Crippen LogP contribution >= 0.6 is 11.6 Å². The van der Waals surface area contributed by atoms with Gasteiger partial charge in [0.05, 0.1) is 30.4 Å². The SMILES string of the molecule is O=C(O)CC1CN(C(=O)c2cn(-c3cccc(Cl)c3F)nn2)CCO1. The maximum absolute atomic E-state index is 14.0. The van der Waals surface area contributed by atoms with Crippen LogP contribution in [0.2, 0.25) is 5.02 Å². The maximum atomic E-state index is 14.0. The molecule has 132 valence electrons. The average Bonchev–Trinajstić information content (AvgIpc) is 3.06. The van der Waals surface area contributed by atoms with Crippen LogP contribution in [0.5, 0.6) is 0 Å². The molecule has 0 saturated carbocycles. The van der Waals surface area contributed by atoms with Crippen LogP contribution in [0.1, 0.15) is 16.9 Å². The highest BCUT2D eigenvalue weighted by Crippen LogP contribution is 2.21. The van der Waals surface area contributed by atoms with Crippen molar-refractivity contribution >= 4 is 23.5 Å². The lowest BCUT2D eigenvalue weighted by molar-refractivity contribution is -0.141. The van der Waals surface area contributed by atoms with Gasteiger partial charge in [0.2, 0.25) is 0 Å². The fourth-order valence-electron chi connectivity index (χ4n) is 2.53. The fraction of sp³-hybridized carbons (Fsp3) is 0.333. The van der Waals surface area contributed by atoms with Crippen LogP contribution < -0.4 is 0 Å². The number of aromatic nitrogens is 3. The van der Waals surface area contributed by atoms with E-state index in [1.165, 1.54) is 23.2 Å². The molecule has 2 aromatic rings. The predicted octanol–water partition coefficient (Wildman–Crippen LogP) is 1.38. The molecule has 0 spiro atoms. The van der Waals surface area contributed by atoms with E-state index in [1.807, 2.05) is 0 Å². The second-order valence-corrected chi connectivity index (χ2v) is 5.87. The van der Waals surface area contributed by atoms with Crippen molar-refractivity contribution in [3.05, 3.63) is 40.9 Å². The Kier molecular flexibility index (Phi) is 4.95. The topological polar surface area (TPSA) is 97.6 Å². The molecule has 0 bridgehead atoms. The van der Waals surface area contributed by atoms with Gasteiger partial charge in [-0.15, -0.1) is 5.10 Å². The third-order valence-electron chi connectivity index (χ3n) is 3.72. The lowest BCUT2D eigenvalue weighted by Gasteiger charge is -2.31. The van der Waals surface area contributed by atoms with Gasteiger partial charge in [0.15, 0.2) is 11.5 Å². The molecule has 10 heteroatoms. The molecule has 1 aliphatic heterocycles. The molecule has 1 N–H and O–H groups in total. The van der Waals surface area contributed by atoms with Crippen LogP contribution in [0.25, 0.3) is 5.69 Å². The Labute approximate surface area is 146 Å². The Hall–Kier alpha value is -2.52. The molecule has 1 unspecified atom stereocenters. The zero-order valence-electron chi connectivity index (χ0n) is 12.9. The number of amides is 1. The van der Waals surface area contributed by atoms with Gasteiger partial charge in [-0.1, -0.05) is 22.9 Å². The van der Waals surface area contributed by atoms with Gasteiger partial charge in [0.1, 0.15) is 5.69 Å². The van der Waals surface area contributed by atoms with Crippen molar-refractivity contribution < 1.29 is 23.8 Å². The van der Waals surface area contributed by atoms with Gasteiger partial charge in [-0.3, -0.25) is 9.59 Å². The number of morpholine rings is 1. The summed E-state index contributed by atoms with van der Waals surface area (Å²) >= 11 is 5.74. The number of carboxylic acid groups (broad SMARTS) is 1. The molecule has 8 nitrogen and oxygen atoms in total. The molecule has 0 aliphatic carbocycles. The number of hydrogen-bond acceptors (Lipinski definition) is 5. The van der Waals surface area contributed by atoms with E-state index in [1.54, 1.807) is 6.07 Å². The van der Waals surface area contributed by atoms with Gasteiger partial charge in [0.25, 0.3) is 5.91 Å². The summed E-state index contributed by atoms with van der Waals surface area (Å²) in [7, 11) is 0. The number of carboxylic acids is 1. The van der Waals surface area contributed by atoms with Crippen molar-refractivity contribution in [2.24, 2.45) is 0 Å². The minimum absolute atomic E-state index is 0.0235. The highest BCUT2D eigenvalue weighted by Gasteiger charge is 2.28. The number of rotatable bonds is 4. The lowest BCUT2D eigenvalue weighted by atomic mass is 10.2. The number of carbonyl (C=O) groups excluding carboxylic acids is 1. The molecular formula is C15H14ClFN4O4. The molecule has 1 amide bonds. The van der Waals surface area contributed by atoms with Gasteiger partial charge in [-0.25, -0.2) is 9.07 Å². The van der Waals surface area contributed by atoms with Crippen molar-refractivity contribution in [2.45, 2.75) is 12.5 Å². The summed E-state index contributed by atoms with van der Waals surface area (Å²) in [4.78, 5) is 24.7. The number of hydrogen-bond donors (Lipinski definition) is 1. The van der Waals surface area contributed by atoms with Crippen LogP contribution in [0.15, 0.2) is 24.4 Å². The highest BCUT2D eigenvalue weighted by atomic mass is 35.5. The van der Waals surface area contributed by atoms with Crippen LogP contribution in [-0.4, -0.2) is 62.7 Å². The summed E-state index contributed by atoms with van der Waals surface area (Å²) in [5.41, 5.74) is 0.0973. The van der Waals surface area contributed by atoms with Crippen molar-refractivity contribution in [1.29, 1.82) is 0 Å². The Morgan fingerprint density at radius 1 is 1.44 bits per heavy atom. The molecule has 2 heterocycles. The minimum Gasteiger partial charge on any atom is -0.481 e. The zero-order chi connectivity index (χ0) is 18.0. The van der Waals surface area contributed by atoms with E-state index in [0.717, 1.165) is 4.68 Å². The Morgan fingerprint density at radius 2 is 2.24 bits per heavy atom. The standard InChI is InChI=1S/C15H14ClFN4O4/c16-10-2-1-3-12(14(10)17)21-8-11(18-19-21)15(24)20-4-5-25-9(7-20)6-13(22)23/h1-3,8-9H,4-7H2,(H,22,23). The van der Waals surface area contributed by atoms with Crippen LogP contribution in [0, 0.1) is 5.82 Å². The zero-order valence-corrected chi connectivity index (χ0v) is 13.7. The van der Waals surface area contributed by atoms with Gasteiger partial charge in [-0.2, -0.15) is 0 Å². The van der Waals surface area contributed by atoms with E-state index >= 15 is 0 Å². The van der Waals surface area contributed by atoms with Gasteiger partial charge in [0, 0.05) is 13.1 Å². The van der Waals surface area contributed by atoms with E-state index in [-0.39, 0.29) is 36.0 Å². The Balaban J connectivity index is 1.76. The van der Waals surface area contributed by atoms with E-state index in [4.69, 9.17) is 21.4 Å². The normalized spacial score (nSPS) is 17.5. The Bertz CT molecular complexity index is 813. The van der Waals surface area contributed by atoms with Crippen molar-refractivity contribution in [3.63, 3.8) is 0 Å². The number of halogens is 2. The first-order valence-electron chi connectivity index (χ1n) is 7.45. The summed E-state index contributed by atoms with van der Waals surface area (Å²) in [6.07, 6.45) is 0.541. The molecular weight excluding hydrogens is 355 g/mol. The second-order valence-electron chi connectivity index (χ2n) is 5.46. The number of ether oxygens (including phenoxy) is 1. The fourth-order valence-corrected chi connectivity index (χ4v) is 2.70. The molecule has 1 aliphatic rings. The third-order valence-corrected chi connectivity index (χ3v) is 4.01. The molecule has 25 heavy (non-hydrogen) atoms. The number of nitrogens with zero attached hydrogens (tertiary/aromatic N) is 4. The molecule has 1 saturated heterocycles. The van der Waals surface area contributed by atoms with E-state index in [2.05, 4.69) is 10.3 Å². The smallest absolute Gasteiger partial charge is 0.306 e. The number of carbonyl (C=O) groups is 2. The van der Waals surface area contributed by atoms with Gasteiger partial charge >= 0.3 is 5.97 Å². The van der Waals surface area contributed by atoms with Gasteiger partial charge in [-0.05, 0) is 12.1 Å². The minimum atomic E-state index is -0.998. The summed E-state index contributed by atoms with van der Waals surface area (Å²) in [6, 6.07) is 4.42. The van der Waals surface area contributed by atoms with Crippen LogP contribution in [-0.2, 0) is 9.53 Å². The molecule has 1 fully saturated rings. The highest BCUT2D eigenvalue weighted by molar-refractivity contribution is 6.30. The first-order chi connectivity index (χ1) is 12.0. The molecule has 3 rings (SSSR count). The van der Waals surface area contributed by atoms with Gasteiger partial charge < -0.3 is 14.7 Å². The molecule has 1 aromatic heterocycles. The van der Waals surface area contributed by atoms with E-state index in [0.29, 0.717) is 6.54 Å². The lowest BCUT2D eigenvalue weighted by Crippen LogP contribution is -2.46. The monoisotopic (exact) mass is 368 g/mol. The quantitative estimate of drug-likeness (QED) is 0.875. The largest absolute Gasteiger partial charge is 0.481 e. The second kappa shape index (κ2) is 7.16. The van der Waals surface area contributed by atoms with E-state index < -0.39 is 23.8 Å². The first kappa shape index (κ1) is 17.3. The summed E-state index contributed by atoms with van der Waals surface area (Å²) in [5, 5.41) is 16.3. The molecule has 1 atom stereocenters. The average molecular weight is 369 g/mol. The number of aliphatic carboxylic acids is 1. The van der Waals surface area contributed by atoms with Crippen molar-refractivity contribution in [1.82, 2.24) is 19.9 Å². The summed E-state index contributed by atoms with van der Waals surface area (Å²) in [6.45, 7) is 0.692. The first-order valence-corrected chi connectivity index (χ1v) is 7.83. The van der Waals surface area contributed by atoms with Crippen molar-refractivity contribution in [2.75, 3.05) is 19.7 Å². The molecule has 0 radical (unpaired) electrons. The maximum Gasteiger partial charge on any atom is 0.306 e. The Morgan fingerprint density at radius 3 is 3.00 bits per heavy atom. The van der Waals surface area contributed by atoms with Crippen LogP contribution in [0.3, 0.4) is 0 Å². The summed E-state index contributed by atoms with van der Waals surface area (Å²) < 4.78 is 20.5. The molecule has 1 aromatic carbocycles. The van der Waals surface area contributed by atoms with Crippen molar-refractivity contribution in [3.8, 4) is 5.69 Å². The third kappa shape index (κ3) is 3.77.